The monoisotopic (exact) mass is 475 g/mol. The SMILES string of the molecule is COc1ccccc1N=c1scc(-c2ccc(S(=O)(=O)N3CCOCC3)cc2)n1CCO. The maximum Gasteiger partial charge on any atom is 0.243 e. The van der Waals surface area contributed by atoms with Crippen LogP contribution in [-0.2, 0) is 21.3 Å². The number of aliphatic hydroxyl groups is 1. The van der Waals surface area contributed by atoms with Gasteiger partial charge in [0.1, 0.15) is 11.4 Å². The molecule has 0 saturated carbocycles. The second kappa shape index (κ2) is 9.97. The van der Waals surface area contributed by atoms with Crippen LogP contribution >= 0.6 is 11.3 Å². The van der Waals surface area contributed by atoms with E-state index in [1.807, 2.05) is 34.2 Å². The number of hydrogen-bond donors (Lipinski definition) is 1. The summed E-state index contributed by atoms with van der Waals surface area (Å²) in [6.45, 7) is 1.85. The molecule has 0 amide bonds. The topological polar surface area (TPSA) is 93.4 Å². The predicted molar refractivity (Wildman–Crippen MR) is 123 cm³/mol. The number of morpholine rings is 1. The average molecular weight is 476 g/mol. The summed E-state index contributed by atoms with van der Waals surface area (Å²) in [5.74, 6) is 0.663. The first-order valence-electron chi connectivity index (χ1n) is 10.2. The number of nitrogens with zero attached hydrogens (tertiary/aromatic N) is 3. The molecule has 1 N–H and O–H groups in total. The van der Waals surface area contributed by atoms with E-state index in [-0.39, 0.29) is 11.5 Å². The van der Waals surface area contributed by atoms with E-state index in [0.29, 0.717) is 49.1 Å². The van der Waals surface area contributed by atoms with Crippen molar-refractivity contribution in [2.24, 2.45) is 4.99 Å². The summed E-state index contributed by atoms with van der Waals surface area (Å²) in [5.41, 5.74) is 2.40. The van der Waals surface area contributed by atoms with E-state index in [4.69, 9.17) is 14.5 Å². The van der Waals surface area contributed by atoms with Crippen LogP contribution < -0.4 is 9.54 Å². The lowest BCUT2D eigenvalue weighted by Gasteiger charge is -2.26. The van der Waals surface area contributed by atoms with E-state index in [0.717, 1.165) is 11.3 Å². The van der Waals surface area contributed by atoms with Gasteiger partial charge in [-0.25, -0.2) is 13.4 Å². The fraction of sp³-hybridized carbons (Fsp3) is 0.318. The zero-order valence-corrected chi connectivity index (χ0v) is 19.3. The highest BCUT2D eigenvalue weighted by Gasteiger charge is 2.26. The molecule has 0 unspecified atom stereocenters. The molecule has 3 aromatic rings. The third-order valence-corrected chi connectivity index (χ3v) is 7.96. The van der Waals surface area contributed by atoms with E-state index in [9.17, 15) is 13.5 Å². The Bertz CT molecular complexity index is 1230. The number of aliphatic hydroxyl groups excluding tert-OH is 1. The number of methoxy groups -OCH3 is 1. The molecule has 32 heavy (non-hydrogen) atoms. The Labute approximate surface area is 191 Å². The van der Waals surface area contributed by atoms with Crippen molar-refractivity contribution < 1.29 is 23.0 Å². The van der Waals surface area contributed by atoms with Crippen LogP contribution in [0.15, 0.2) is 63.8 Å². The standard InChI is InChI=1S/C22H25N3O5S2/c1-29-21-5-3-2-4-19(21)23-22-25(10-13-26)20(16-31-22)17-6-8-18(9-7-17)32(27,28)24-11-14-30-15-12-24/h2-9,16,26H,10-15H2,1H3. The molecule has 2 aromatic carbocycles. The lowest BCUT2D eigenvalue weighted by molar-refractivity contribution is 0.0730. The molecule has 0 bridgehead atoms. The Morgan fingerprint density at radius 2 is 1.84 bits per heavy atom. The number of ether oxygens (including phenoxy) is 2. The van der Waals surface area contributed by atoms with E-state index < -0.39 is 10.0 Å². The minimum absolute atomic E-state index is 0.0493. The third kappa shape index (κ3) is 4.64. The summed E-state index contributed by atoms with van der Waals surface area (Å²) in [6, 6.07) is 14.3. The number of sulfonamides is 1. The van der Waals surface area contributed by atoms with Crippen molar-refractivity contribution in [2.75, 3.05) is 40.0 Å². The third-order valence-electron chi connectivity index (χ3n) is 5.18. The van der Waals surface area contributed by atoms with Gasteiger partial charge in [0.05, 0.1) is 37.5 Å². The predicted octanol–water partition coefficient (Wildman–Crippen LogP) is 2.47. The first-order chi connectivity index (χ1) is 15.5. The largest absolute Gasteiger partial charge is 0.494 e. The van der Waals surface area contributed by atoms with Gasteiger partial charge in [0.15, 0.2) is 4.80 Å². The number of benzene rings is 2. The highest BCUT2D eigenvalue weighted by molar-refractivity contribution is 7.89. The molecule has 1 saturated heterocycles. The summed E-state index contributed by atoms with van der Waals surface area (Å²) < 4.78 is 39.8. The molecule has 0 aliphatic carbocycles. The Morgan fingerprint density at radius 3 is 2.53 bits per heavy atom. The molecule has 2 heterocycles. The van der Waals surface area contributed by atoms with Gasteiger partial charge in [0.25, 0.3) is 0 Å². The summed E-state index contributed by atoms with van der Waals surface area (Å²) in [6.07, 6.45) is 0. The van der Waals surface area contributed by atoms with Gasteiger partial charge in [0, 0.05) is 25.0 Å². The molecule has 10 heteroatoms. The number of aromatic nitrogens is 1. The molecule has 1 aliphatic rings. The fourth-order valence-electron chi connectivity index (χ4n) is 3.52. The van der Waals surface area contributed by atoms with Crippen LogP contribution in [0.5, 0.6) is 5.75 Å². The molecule has 0 spiro atoms. The molecule has 0 atom stereocenters. The van der Waals surface area contributed by atoms with E-state index in [2.05, 4.69) is 0 Å². The van der Waals surface area contributed by atoms with Gasteiger partial charge in [-0.15, -0.1) is 11.3 Å². The summed E-state index contributed by atoms with van der Waals surface area (Å²) in [7, 11) is -1.95. The molecule has 1 fully saturated rings. The van der Waals surface area contributed by atoms with Crippen molar-refractivity contribution in [1.29, 1.82) is 0 Å². The normalized spacial score (nSPS) is 15.8. The van der Waals surface area contributed by atoms with Crippen molar-refractivity contribution in [3.05, 3.63) is 58.7 Å². The highest BCUT2D eigenvalue weighted by atomic mass is 32.2. The number of hydrogen-bond acceptors (Lipinski definition) is 7. The molecule has 170 valence electrons. The quantitative estimate of drug-likeness (QED) is 0.567. The number of para-hydroxylation sites is 2. The Balaban J connectivity index is 1.69. The van der Waals surface area contributed by atoms with Gasteiger partial charge >= 0.3 is 0 Å². The minimum Gasteiger partial charge on any atom is -0.494 e. The fourth-order valence-corrected chi connectivity index (χ4v) is 5.88. The summed E-state index contributed by atoms with van der Waals surface area (Å²) >= 11 is 1.45. The molecule has 4 rings (SSSR count). The van der Waals surface area contributed by atoms with E-state index in [1.165, 1.54) is 15.6 Å². The first kappa shape index (κ1) is 22.7. The zero-order chi connectivity index (χ0) is 22.6. The second-order valence-electron chi connectivity index (χ2n) is 7.10. The zero-order valence-electron chi connectivity index (χ0n) is 17.7. The smallest absolute Gasteiger partial charge is 0.243 e. The van der Waals surface area contributed by atoms with Crippen LogP contribution in [0.3, 0.4) is 0 Å². The average Bonchev–Trinajstić information content (AvgIpc) is 3.22. The minimum atomic E-state index is -3.55. The lowest BCUT2D eigenvalue weighted by Crippen LogP contribution is -2.40. The first-order valence-corrected chi connectivity index (χ1v) is 12.5. The van der Waals surface area contributed by atoms with Gasteiger partial charge in [-0.1, -0.05) is 24.3 Å². The molecule has 1 aromatic heterocycles. The highest BCUT2D eigenvalue weighted by Crippen LogP contribution is 2.27. The van der Waals surface area contributed by atoms with Gasteiger partial charge < -0.3 is 19.1 Å². The molecule has 8 nitrogen and oxygen atoms in total. The van der Waals surface area contributed by atoms with Crippen LogP contribution in [0.25, 0.3) is 11.3 Å². The number of thiazole rings is 1. The maximum absolute atomic E-state index is 12.9. The van der Waals surface area contributed by atoms with E-state index >= 15 is 0 Å². The van der Waals surface area contributed by atoms with Gasteiger partial charge in [-0.3, -0.25) is 0 Å². The summed E-state index contributed by atoms with van der Waals surface area (Å²) in [4.78, 5) is 5.69. The van der Waals surface area contributed by atoms with Crippen molar-refractivity contribution in [3.8, 4) is 17.0 Å². The Morgan fingerprint density at radius 1 is 1.12 bits per heavy atom. The van der Waals surface area contributed by atoms with Gasteiger partial charge in [-0.2, -0.15) is 4.31 Å². The van der Waals surface area contributed by atoms with Crippen molar-refractivity contribution in [2.45, 2.75) is 11.4 Å². The van der Waals surface area contributed by atoms with Crippen LogP contribution in [0.2, 0.25) is 0 Å². The summed E-state index contributed by atoms with van der Waals surface area (Å²) in [5, 5.41) is 11.6. The maximum atomic E-state index is 12.9. The second-order valence-corrected chi connectivity index (χ2v) is 9.88. The van der Waals surface area contributed by atoms with Crippen LogP contribution in [0, 0.1) is 0 Å². The van der Waals surface area contributed by atoms with Crippen molar-refractivity contribution in [1.82, 2.24) is 8.87 Å². The number of rotatable bonds is 7. The molecule has 0 radical (unpaired) electrons. The van der Waals surface area contributed by atoms with Crippen molar-refractivity contribution >= 4 is 27.0 Å². The van der Waals surface area contributed by atoms with Crippen LogP contribution in [0.4, 0.5) is 5.69 Å². The van der Waals surface area contributed by atoms with Gasteiger partial charge in [0.2, 0.25) is 10.0 Å². The van der Waals surface area contributed by atoms with Crippen molar-refractivity contribution in [3.63, 3.8) is 0 Å². The molecular formula is C22H25N3O5S2. The van der Waals surface area contributed by atoms with E-state index in [1.54, 1.807) is 31.4 Å². The van der Waals surface area contributed by atoms with Crippen LogP contribution in [0.1, 0.15) is 0 Å². The molecule has 1 aliphatic heterocycles. The van der Waals surface area contributed by atoms with Gasteiger partial charge in [-0.05, 0) is 29.8 Å². The molecular weight excluding hydrogens is 450 g/mol. The lowest BCUT2D eigenvalue weighted by atomic mass is 10.2. The van der Waals surface area contributed by atoms with Crippen LogP contribution in [-0.4, -0.2) is 62.4 Å². The Hall–Kier alpha value is -2.50. The Kier molecular flexibility index (Phi) is 7.07.